The number of Topliss-reactive ketones (excluding diaryl/α,β-unsaturated/α-hetero) is 1. The molecule has 35 heavy (non-hydrogen) atoms. The highest BCUT2D eigenvalue weighted by Crippen LogP contribution is 2.45. The molecule has 0 radical (unpaired) electrons. The second-order valence-electron chi connectivity index (χ2n) is 9.85. The Balaban J connectivity index is 1.30. The first kappa shape index (κ1) is 23.4. The van der Waals surface area contributed by atoms with Gasteiger partial charge >= 0.3 is 0 Å². The third-order valence-corrected chi connectivity index (χ3v) is 7.33. The molecule has 1 aliphatic carbocycles. The fourth-order valence-electron chi connectivity index (χ4n) is 5.38. The summed E-state index contributed by atoms with van der Waals surface area (Å²) < 4.78 is 13.4. The fraction of sp³-hybridized carbons (Fsp3) is 0.429. The maximum Gasteiger partial charge on any atom is 0.170 e. The number of rotatable bonds is 5. The molecule has 7 nitrogen and oxygen atoms in total. The molecule has 180 valence electrons. The zero-order chi connectivity index (χ0) is 24.6. The summed E-state index contributed by atoms with van der Waals surface area (Å²) in [5.41, 5.74) is 5.61. The molecule has 3 heterocycles. The molecular formula is C28H30N4O3. The lowest BCUT2D eigenvalue weighted by Gasteiger charge is -2.39. The Hall–Kier alpha value is -3.34. The zero-order valence-electron chi connectivity index (χ0n) is 20.5. The molecule has 0 amide bonds. The second-order valence-corrected chi connectivity index (χ2v) is 9.85. The third-order valence-electron chi connectivity index (χ3n) is 7.33. The lowest BCUT2D eigenvalue weighted by molar-refractivity contribution is -0.182. The van der Waals surface area contributed by atoms with Crippen molar-refractivity contribution in [2.45, 2.75) is 64.1 Å². The number of nitriles is 1. The number of carbonyl (C=O) groups is 1. The largest absolute Gasteiger partial charge is 0.348 e. The molecule has 0 bridgehead atoms. The number of hydrogen-bond donors (Lipinski definition) is 0. The summed E-state index contributed by atoms with van der Waals surface area (Å²) in [4.78, 5) is 17.7. The van der Waals surface area contributed by atoms with E-state index in [0.717, 1.165) is 33.8 Å². The Morgan fingerprint density at radius 3 is 2.31 bits per heavy atom. The Morgan fingerprint density at radius 2 is 1.71 bits per heavy atom. The van der Waals surface area contributed by atoms with Crippen molar-refractivity contribution < 1.29 is 14.3 Å². The van der Waals surface area contributed by atoms with Crippen LogP contribution < -0.4 is 0 Å². The van der Waals surface area contributed by atoms with Crippen LogP contribution in [-0.4, -0.2) is 39.5 Å². The monoisotopic (exact) mass is 470 g/mol. The molecule has 1 saturated heterocycles. The van der Waals surface area contributed by atoms with Crippen LogP contribution in [0, 0.1) is 32.1 Å². The minimum Gasteiger partial charge on any atom is -0.348 e. The van der Waals surface area contributed by atoms with Gasteiger partial charge in [0.25, 0.3) is 0 Å². The number of carbonyl (C=O) groups excluding carboxylic acids is 1. The first-order valence-corrected chi connectivity index (χ1v) is 12.1. The van der Waals surface area contributed by atoms with E-state index in [0.29, 0.717) is 44.5 Å². The van der Waals surface area contributed by atoms with Crippen molar-refractivity contribution in [1.82, 2.24) is 14.8 Å². The summed E-state index contributed by atoms with van der Waals surface area (Å²) in [5.74, 6) is -0.524. The van der Waals surface area contributed by atoms with Crippen LogP contribution in [0.15, 0.2) is 42.7 Å². The van der Waals surface area contributed by atoms with Gasteiger partial charge in [0, 0.05) is 25.5 Å². The number of aryl methyl sites for hydroxylation is 2. The van der Waals surface area contributed by atoms with Crippen molar-refractivity contribution in [3.05, 3.63) is 76.4 Å². The molecule has 0 unspecified atom stereocenters. The number of ether oxygens (including phenoxy) is 2. The van der Waals surface area contributed by atoms with E-state index >= 15 is 0 Å². The van der Waals surface area contributed by atoms with E-state index in [1.807, 2.05) is 23.7 Å². The van der Waals surface area contributed by atoms with Crippen LogP contribution in [0.2, 0.25) is 0 Å². The summed E-state index contributed by atoms with van der Waals surface area (Å²) in [6.45, 7) is 7.25. The van der Waals surface area contributed by atoms with E-state index in [9.17, 15) is 10.1 Å². The third kappa shape index (κ3) is 4.40. The number of aromatic nitrogens is 3. The van der Waals surface area contributed by atoms with Crippen molar-refractivity contribution in [2.24, 2.45) is 0 Å². The highest BCUT2D eigenvalue weighted by molar-refractivity contribution is 5.98. The molecule has 2 aliphatic rings. The van der Waals surface area contributed by atoms with Crippen molar-refractivity contribution in [3.63, 3.8) is 0 Å². The highest BCUT2D eigenvalue weighted by Gasteiger charge is 2.48. The van der Waals surface area contributed by atoms with Gasteiger partial charge in [0.05, 0.1) is 53.5 Å². The highest BCUT2D eigenvalue weighted by atomic mass is 16.7. The molecule has 1 spiro atoms. The van der Waals surface area contributed by atoms with Crippen molar-refractivity contribution in [3.8, 4) is 11.8 Å². The lowest BCUT2D eigenvalue weighted by Crippen LogP contribution is -2.41. The molecule has 1 saturated carbocycles. The van der Waals surface area contributed by atoms with Gasteiger partial charge in [0.15, 0.2) is 11.6 Å². The average molecular weight is 471 g/mol. The van der Waals surface area contributed by atoms with Crippen LogP contribution in [0.25, 0.3) is 5.69 Å². The van der Waals surface area contributed by atoms with Crippen molar-refractivity contribution >= 4 is 5.78 Å². The molecule has 1 aliphatic heterocycles. The van der Waals surface area contributed by atoms with Gasteiger partial charge in [0.1, 0.15) is 0 Å². The summed E-state index contributed by atoms with van der Waals surface area (Å²) >= 11 is 0. The van der Waals surface area contributed by atoms with E-state index < -0.39 is 11.2 Å². The Bertz CT molecular complexity index is 1270. The van der Waals surface area contributed by atoms with E-state index in [1.165, 1.54) is 0 Å². The van der Waals surface area contributed by atoms with E-state index in [-0.39, 0.29) is 12.2 Å². The molecular weight excluding hydrogens is 440 g/mol. The molecule has 5 rings (SSSR count). The van der Waals surface area contributed by atoms with Crippen molar-refractivity contribution in [2.75, 3.05) is 13.2 Å². The summed E-state index contributed by atoms with van der Waals surface area (Å²) in [6.07, 6.45) is 6.27. The molecule has 2 aromatic heterocycles. The van der Waals surface area contributed by atoms with Crippen LogP contribution in [0.4, 0.5) is 0 Å². The van der Waals surface area contributed by atoms with Crippen molar-refractivity contribution in [1.29, 1.82) is 5.26 Å². The molecule has 7 heteroatoms. The normalized spacial score (nSPS) is 18.5. The van der Waals surface area contributed by atoms with Crippen LogP contribution in [0.1, 0.15) is 64.1 Å². The summed E-state index contributed by atoms with van der Waals surface area (Å²) in [6, 6.07) is 12.6. The molecule has 2 fully saturated rings. The van der Waals surface area contributed by atoms with Gasteiger partial charge in [-0.05, 0) is 68.5 Å². The van der Waals surface area contributed by atoms with Crippen LogP contribution in [0.3, 0.4) is 0 Å². The number of hydrogen-bond acceptors (Lipinski definition) is 6. The van der Waals surface area contributed by atoms with Gasteiger partial charge in [-0.2, -0.15) is 10.4 Å². The minimum atomic E-state index is -0.646. The Morgan fingerprint density at radius 1 is 1.03 bits per heavy atom. The van der Waals surface area contributed by atoms with Crippen LogP contribution in [-0.2, 0) is 21.3 Å². The van der Waals surface area contributed by atoms with E-state index in [4.69, 9.17) is 9.47 Å². The van der Waals surface area contributed by atoms with Gasteiger partial charge in [-0.3, -0.25) is 9.78 Å². The molecule has 0 N–H and O–H groups in total. The van der Waals surface area contributed by atoms with Gasteiger partial charge < -0.3 is 9.47 Å². The van der Waals surface area contributed by atoms with Gasteiger partial charge in [-0.1, -0.05) is 12.1 Å². The Kier molecular flexibility index (Phi) is 6.04. The van der Waals surface area contributed by atoms with Crippen LogP contribution in [0.5, 0.6) is 0 Å². The standard InChI is InChI=1S/C28H30N4O3/c1-19-12-20(2)14-23(13-19)32-21(3)24(17-31-32)25(33)15-22-4-5-26(30-16-22)27(18-29)6-8-28(9-7-27)34-10-11-35-28/h4-5,12-14,16-17H,6-11,15H2,1-3H3. The maximum atomic E-state index is 13.1. The molecule has 1 aromatic carbocycles. The topological polar surface area (TPSA) is 90.0 Å². The fourth-order valence-corrected chi connectivity index (χ4v) is 5.38. The minimum absolute atomic E-state index is 0.00203. The number of benzene rings is 1. The molecule has 0 atom stereocenters. The number of ketones is 1. The first-order chi connectivity index (χ1) is 16.8. The predicted octanol–water partition coefficient (Wildman–Crippen LogP) is 4.70. The zero-order valence-corrected chi connectivity index (χ0v) is 20.5. The SMILES string of the molecule is Cc1cc(C)cc(-n2ncc(C(=O)Cc3ccc(C4(C#N)CCC5(CC4)OCCO5)nc3)c2C)c1. The van der Waals surface area contributed by atoms with E-state index in [1.54, 1.807) is 12.4 Å². The smallest absolute Gasteiger partial charge is 0.170 e. The van der Waals surface area contributed by atoms with Gasteiger partial charge in [-0.25, -0.2) is 4.68 Å². The van der Waals surface area contributed by atoms with Gasteiger partial charge in [0.2, 0.25) is 0 Å². The quantitative estimate of drug-likeness (QED) is 0.502. The summed E-state index contributed by atoms with van der Waals surface area (Å²) in [5, 5.41) is 14.5. The first-order valence-electron chi connectivity index (χ1n) is 12.1. The average Bonchev–Trinajstić information content (AvgIpc) is 3.46. The lowest BCUT2D eigenvalue weighted by atomic mass is 9.70. The Labute approximate surface area is 205 Å². The number of pyridine rings is 1. The predicted molar refractivity (Wildman–Crippen MR) is 130 cm³/mol. The van der Waals surface area contributed by atoms with E-state index in [2.05, 4.69) is 48.2 Å². The summed E-state index contributed by atoms with van der Waals surface area (Å²) in [7, 11) is 0. The van der Waals surface area contributed by atoms with Gasteiger partial charge in [-0.15, -0.1) is 0 Å². The number of nitrogens with zero attached hydrogens (tertiary/aromatic N) is 4. The van der Waals surface area contributed by atoms with Crippen LogP contribution >= 0.6 is 0 Å². The maximum absolute atomic E-state index is 13.1. The second kappa shape index (κ2) is 9.03. The molecule has 3 aromatic rings.